The van der Waals surface area contributed by atoms with E-state index >= 15 is 0 Å². The highest BCUT2D eigenvalue weighted by Crippen LogP contribution is 2.28. The smallest absolute Gasteiger partial charge is 0.335 e. The third-order valence-corrected chi connectivity index (χ3v) is 6.49. The number of fused-ring (bicyclic) bond motifs is 1. The number of barbiturate groups is 1. The van der Waals surface area contributed by atoms with Gasteiger partial charge in [0.2, 0.25) is 0 Å². The first kappa shape index (κ1) is 22.6. The molecule has 6 nitrogen and oxygen atoms in total. The molecule has 0 atom stereocenters. The summed E-state index contributed by atoms with van der Waals surface area (Å²) >= 11 is 6.02. The Balaban J connectivity index is 1.56. The summed E-state index contributed by atoms with van der Waals surface area (Å²) in [5.74, 6) is -1.37. The number of aromatic nitrogens is 1. The molecule has 5 rings (SSSR count). The molecule has 174 valence electrons. The quantitative estimate of drug-likeness (QED) is 0.302. The summed E-state index contributed by atoms with van der Waals surface area (Å²) in [6, 6.07) is 19.9. The van der Waals surface area contributed by atoms with E-state index < -0.39 is 17.8 Å². The van der Waals surface area contributed by atoms with Crippen LogP contribution in [0.1, 0.15) is 22.3 Å². The Morgan fingerprint density at radius 1 is 0.914 bits per heavy atom. The van der Waals surface area contributed by atoms with Gasteiger partial charge in [0.05, 0.1) is 5.69 Å². The maximum absolute atomic E-state index is 13.4. The van der Waals surface area contributed by atoms with Crippen molar-refractivity contribution in [1.82, 2.24) is 9.88 Å². The number of nitrogens with zero attached hydrogens (tertiary/aromatic N) is 2. The Morgan fingerprint density at radius 2 is 1.66 bits per heavy atom. The molecular weight excluding hydrogens is 462 g/mol. The molecule has 3 aromatic carbocycles. The van der Waals surface area contributed by atoms with E-state index in [0.29, 0.717) is 22.8 Å². The second-order valence-corrected chi connectivity index (χ2v) is 9.02. The Morgan fingerprint density at radius 3 is 2.40 bits per heavy atom. The standard InChI is InChI=1S/C28H22ClN3O3/c1-17-7-12-22(13-18(17)2)32-27(34)24(26(33)30-28(32)35)14-20-16-31(25-6-4-3-5-23(20)25)15-19-8-10-21(29)11-9-19/h3-14,16H,15H2,1-2H3,(H,30,33,35)/b24-14+. The highest BCUT2D eigenvalue weighted by Gasteiger charge is 2.37. The molecule has 1 aliphatic heterocycles. The highest BCUT2D eigenvalue weighted by molar-refractivity contribution is 6.39. The number of halogens is 1. The van der Waals surface area contributed by atoms with Crippen LogP contribution in [0, 0.1) is 13.8 Å². The summed E-state index contributed by atoms with van der Waals surface area (Å²) in [7, 11) is 0. The van der Waals surface area contributed by atoms with E-state index in [4.69, 9.17) is 11.6 Å². The molecule has 1 aliphatic rings. The number of benzene rings is 3. The zero-order valence-corrected chi connectivity index (χ0v) is 20.0. The third kappa shape index (κ3) is 4.24. The van der Waals surface area contributed by atoms with Gasteiger partial charge in [-0.25, -0.2) is 9.69 Å². The number of carbonyl (C=O) groups excluding carboxylic acids is 3. The zero-order valence-electron chi connectivity index (χ0n) is 19.2. The van der Waals surface area contributed by atoms with Gasteiger partial charge >= 0.3 is 6.03 Å². The van der Waals surface area contributed by atoms with E-state index in [-0.39, 0.29) is 5.57 Å². The van der Waals surface area contributed by atoms with Gasteiger partial charge in [-0.05, 0) is 66.9 Å². The lowest BCUT2D eigenvalue weighted by Crippen LogP contribution is -2.54. The van der Waals surface area contributed by atoms with Gasteiger partial charge in [0.25, 0.3) is 11.8 Å². The number of hydrogen-bond donors (Lipinski definition) is 1. The largest absolute Gasteiger partial charge is 0.342 e. The number of imide groups is 2. The number of nitrogens with one attached hydrogen (secondary N) is 1. The average Bonchev–Trinajstić information content (AvgIpc) is 3.17. The maximum atomic E-state index is 13.4. The lowest BCUT2D eigenvalue weighted by molar-refractivity contribution is -0.122. The molecule has 7 heteroatoms. The molecule has 35 heavy (non-hydrogen) atoms. The minimum absolute atomic E-state index is 0.0998. The van der Waals surface area contributed by atoms with E-state index in [9.17, 15) is 14.4 Å². The van der Waals surface area contributed by atoms with Crippen LogP contribution in [0.5, 0.6) is 0 Å². The third-order valence-electron chi connectivity index (χ3n) is 6.24. The van der Waals surface area contributed by atoms with Crippen LogP contribution in [-0.4, -0.2) is 22.4 Å². The van der Waals surface area contributed by atoms with Gasteiger partial charge in [-0.1, -0.05) is 48.0 Å². The molecule has 0 radical (unpaired) electrons. The van der Waals surface area contributed by atoms with Crippen molar-refractivity contribution >= 4 is 52.1 Å². The minimum Gasteiger partial charge on any atom is -0.342 e. The molecule has 0 unspecified atom stereocenters. The van der Waals surface area contributed by atoms with Crippen LogP contribution in [0.25, 0.3) is 17.0 Å². The summed E-state index contributed by atoms with van der Waals surface area (Å²) in [6.45, 7) is 4.45. The number of rotatable bonds is 4. The van der Waals surface area contributed by atoms with Gasteiger partial charge in [0.15, 0.2) is 0 Å². The van der Waals surface area contributed by atoms with Crippen molar-refractivity contribution in [2.75, 3.05) is 4.90 Å². The molecule has 2 heterocycles. The fourth-order valence-electron chi connectivity index (χ4n) is 4.22. The number of carbonyl (C=O) groups is 3. The van der Waals surface area contributed by atoms with Gasteiger partial charge in [-0.2, -0.15) is 0 Å². The van der Waals surface area contributed by atoms with Gasteiger partial charge in [-0.3, -0.25) is 14.9 Å². The monoisotopic (exact) mass is 483 g/mol. The first-order chi connectivity index (χ1) is 16.8. The molecule has 4 aromatic rings. The van der Waals surface area contributed by atoms with Crippen LogP contribution < -0.4 is 10.2 Å². The number of hydrogen-bond acceptors (Lipinski definition) is 3. The van der Waals surface area contributed by atoms with Gasteiger partial charge in [-0.15, -0.1) is 0 Å². The molecule has 0 aliphatic carbocycles. The van der Waals surface area contributed by atoms with Crippen LogP contribution in [-0.2, 0) is 16.1 Å². The number of para-hydroxylation sites is 1. The molecule has 1 N–H and O–H groups in total. The van der Waals surface area contributed by atoms with Gasteiger partial charge < -0.3 is 4.57 Å². The molecule has 0 saturated carbocycles. The van der Waals surface area contributed by atoms with Crippen molar-refractivity contribution in [2.45, 2.75) is 20.4 Å². The molecule has 0 spiro atoms. The summed E-state index contributed by atoms with van der Waals surface area (Å²) < 4.78 is 2.06. The Kier molecular flexibility index (Phi) is 5.75. The minimum atomic E-state index is -0.759. The van der Waals surface area contributed by atoms with Gasteiger partial charge in [0, 0.05) is 34.2 Å². The SMILES string of the molecule is Cc1ccc(N2C(=O)NC(=O)/C(=C\c3cn(Cc4ccc(Cl)cc4)c4ccccc34)C2=O)cc1C. The van der Waals surface area contributed by atoms with Crippen LogP contribution in [0.2, 0.25) is 5.02 Å². The van der Waals surface area contributed by atoms with Crippen LogP contribution in [0.3, 0.4) is 0 Å². The Hall–Kier alpha value is -4.16. The van der Waals surface area contributed by atoms with E-state index in [1.54, 1.807) is 18.2 Å². The molecule has 4 amide bonds. The normalized spacial score (nSPS) is 15.2. The topological polar surface area (TPSA) is 71.4 Å². The lowest BCUT2D eigenvalue weighted by Gasteiger charge is -2.26. The van der Waals surface area contributed by atoms with Crippen molar-refractivity contribution in [3.63, 3.8) is 0 Å². The summed E-state index contributed by atoms with van der Waals surface area (Å²) in [5, 5.41) is 3.86. The fraction of sp³-hybridized carbons (Fsp3) is 0.107. The molecule has 0 bridgehead atoms. The summed E-state index contributed by atoms with van der Waals surface area (Å²) in [5.41, 5.74) is 5.03. The number of urea groups is 1. The fourth-order valence-corrected chi connectivity index (χ4v) is 4.35. The predicted molar refractivity (Wildman–Crippen MR) is 137 cm³/mol. The van der Waals surface area contributed by atoms with Crippen LogP contribution in [0.4, 0.5) is 10.5 Å². The number of amides is 4. The molecule has 1 saturated heterocycles. The summed E-state index contributed by atoms with van der Waals surface area (Å²) in [4.78, 5) is 39.7. The number of aryl methyl sites for hydroxylation is 2. The summed E-state index contributed by atoms with van der Waals surface area (Å²) in [6.07, 6.45) is 3.46. The average molecular weight is 484 g/mol. The van der Waals surface area contributed by atoms with E-state index in [0.717, 1.165) is 32.5 Å². The number of anilines is 1. The predicted octanol–water partition coefficient (Wildman–Crippen LogP) is 5.63. The van der Waals surface area contributed by atoms with Crippen LogP contribution >= 0.6 is 11.6 Å². The zero-order chi connectivity index (χ0) is 24.7. The van der Waals surface area contributed by atoms with Gasteiger partial charge in [0.1, 0.15) is 5.57 Å². The van der Waals surface area contributed by atoms with Crippen molar-refractivity contribution in [3.8, 4) is 0 Å². The van der Waals surface area contributed by atoms with Crippen molar-refractivity contribution in [1.29, 1.82) is 0 Å². The first-order valence-electron chi connectivity index (χ1n) is 11.1. The lowest BCUT2D eigenvalue weighted by atomic mass is 10.0. The van der Waals surface area contributed by atoms with E-state index in [1.807, 2.05) is 74.6 Å². The van der Waals surface area contributed by atoms with E-state index in [1.165, 1.54) is 0 Å². The molecular formula is C28H22ClN3O3. The molecule has 1 fully saturated rings. The van der Waals surface area contributed by atoms with Crippen molar-refractivity contribution < 1.29 is 14.4 Å². The molecule has 1 aromatic heterocycles. The Labute approximate surface area is 207 Å². The maximum Gasteiger partial charge on any atom is 0.335 e. The van der Waals surface area contributed by atoms with Crippen LogP contribution in [0.15, 0.2) is 78.5 Å². The van der Waals surface area contributed by atoms with E-state index in [2.05, 4.69) is 9.88 Å². The Bertz CT molecular complexity index is 1530. The van der Waals surface area contributed by atoms with Crippen molar-refractivity contribution in [2.24, 2.45) is 0 Å². The second kappa shape index (κ2) is 8.89. The van der Waals surface area contributed by atoms with Crippen molar-refractivity contribution in [3.05, 3.63) is 106 Å². The second-order valence-electron chi connectivity index (χ2n) is 8.58. The highest BCUT2D eigenvalue weighted by atomic mass is 35.5. The first-order valence-corrected chi connectivity index (χ1v) is 11.5.